The van der Waals surface area contributed by atoms with E-state index < -0.39 is 0 Å². The molecular weight excluding hydrogens is 258 g/mol. The van der Waals surface area contributed by atoms with Crippen LogP contribution in [0.1, 0.15) is 12.5 Å². The summed E-state index contributed by atoms with van der Waals surface area (Å²) in [5.41, 5.74) is 0.949. The zero-order valence-electron chi connectivity index (χ0n) is 8.84. The van der Waals surface area contributed by atoms with Crippen LogP contribution in [0.15, 0.2) is 22.7 Å². The number of methoxy groups -OCH3 is 1. The van der Waals surface area contributed by atoms with E-state index in [4.69, 9.17) is 14.9 Å². The molecule has 0 aliphatic carbocycles. The summed E-state index contributed by atoms with van der Waals surface area (Å²) in [5, 5.41) is 7.58. The molecule has 0 saturated heterocycles. The van der Waals surface area contributed by atoms with Crippen molar-refractivity contribution in [2.24, 2.45) is 0 Å². The lowest BCUT2D eigenvalue weighted by molar-refractivity contribution is 0.316. The number of benzene rings is 1. The molecular formula is C11H14BrNO2. The largest absolute Gasteiger partial charge is 0.496 e. The van der Waals surface area contributed by atoms with Crippen LogP contribution in [0.5, 0.6) is 5.75 Å². The smallest absolute Gasteiger partial charge is 0.184 e. The summed E-state index contributed by atoms with van der Waals surface area (Å²) in [5.74, 6) is 1.04. The van der Waals surface area contributed by atoms with Gasteiger partial charge in [-0.3, -0.25) is 5.41 Å². The molecule has 0 aromatic heterocycles. The first kappa shape index (κ1) is 12.0. The number of nitrogens with one attached hydrogen (secondary N) is 1. The van der Waals surface area contributed by atoms with Crippen molar-refractivity contribution in [2.75, 3.05) is 13.7 Å². The Morgan fingerprint density at radius 3 is 2.80 bits per heavy atom. The summed E-state index contributed by atoms with van der Waals surface area (Å²) in [6.07, 6.45) is 0.455. The SMILES string of the molecule is CCOC(=N)Cc1cc(Br)ccc1OC. The minimum Gasteiger partial charge on any atom is -0.496 e. The molecule has 1 aromatic carbocycles. The number of rotatable bonds is 4. The number of halogens is 1. The second-order valence-corrected chi connectivity index (χ2v) is 3.90. The third-order valence-electron chi connectivity index (χ3n) is 1.91. The predicted octanol–water partition coefficient (Wildman–Crippen LogP) is 3.01. The van der Waals surface area contributed by atoms with Gasteiger partial charge in [0.2, 0.25) is 0 Å². The Kier molecular flexibility index (Phi) is 4.62. The average molecular weight is 272 g/mol. The third kappa shape index (κ3) is 3.55. The average Bonchev–Trinajstić information content (AvgIpc) is 2.18. The lowest BCUT2D eigenvalue weighted by Crippen LogP contribution is -2.07. The van der Waals surface area contributed by atoms with Crippen molar-refractivity contribution in [3.63, 3.8) is 0 Å². The van der Waals surface area contributed by atoms with Gasteiger partial charge in [0.15, 0.2) is 5.90 Å². The topological polar surface area (TPSA) is 42.3 Å². The zero-order valence-corrected chi connectivity index (χ0v) is 10.4. The Balaban J connectivity index is 2.82. The molecule has 15 heavy (non-hydrogen) atoms. The lowest BCUT2D eigenvalue weighted by Gasteiger charge is -2.09. The van der Waals surface area contributed by atoms with Crippen LogP contribution >= 0.6 is 15.9 Å². The van der Waals surface area contributed by atoms with Crippen LogP contribution in [0, 0.1) is 5.41 Å². The fraction of sp³-hybridized carbons (Fsp3) is 0.364. The van der Waals surface area contributed by atoms with Gasteiger partial charge in [0.05, 0.1) is 20.1 Å². The van der Waals surface area contributed by atoms with Crippen LogP contribution in [0.4, 0.5) is 0 Å². The summed E-state index contributed by atoms with van der Waals surface area (Å²) in [7, 11) is 1.62. The molecule has 0 atom stereocenters. The Morgan fingerprint density at radius 2 is 2.20 bits per heavy atom. The normalized spacial score (nSPS) is 9.80. The van der Waals surface area contributed by atoms with Crippen molar-refractivity contribution in [3.8, 4) is 5.75 Å². The molecule has 0 aliphatic heterocycles. The molecule has 0 fully saturated rings. The van der Waals surface area contributed by atoms with Gasteiger partial charge >= 0.3 is 0 Å². The van der Waals surface area contributed by atoms with E-state index in [1.165, 1.54) is 0 Å². The van der Waals surface area contributed by atoms with Gasteiger partial charge in [0.25, 0.3) is 0 Å². The van der Waals surface area contributed by atoms with Crippen LogP contribution in [0.3, 0.4) is 0 Å². The van der Waals surface area contributed by atoms with Crippen molar-refractivity contribution < 1.29 is 9.47 Å². The molecule has 1 rings (SSSR count). The first-order valence-corrected chi connectivity index (χ1v) is 5.49. The highest BCUT2D eigenvalue weighted by atomic mass is 79.9. The van der Waals surface area contributed by atoms with Gasteiger partial charge in [0.1, 0.15) is 5.75 Å². The Bertz CT molecular complexity index is 352. The van der Waals surface area contributed by atoms with E-state index in [-0.39, 0.29) is 5.90 Å². The lowest BCUT2D eigenvalue weighted by atomic mass is 10.1. The number of hydrogen-bond acceptors (Lipinski definition) is 3. The fourth-order valence-corrected chi connectivity index (χ4v) is 1.69. The molecule has 3 nitrogen and oxygen atoms in total. The predicted molar refractivity (Wildman–Crippen MR) is 63.8 cm³/mol. The van der Waals surface area contributed by atoms with Gasteiger partial charge in [0, 0.05) is 10.0 Å². The molecule has 4 heteroatoms. The van der Waals surface area contributed by atoms with Gasteiger partial charge in [-0.15, -0.1) is 0 Å². The highest BCUT2D eigenvalue weighted by Gasteiger charge is 2.07. The molecule has 0 bridgehead atoms. The highest BCUT2D eigenvalue weighted by molar-refractivity contribution is 9.10. The second kappa shape index (κ2) is 5.75. The maximum absolute atomic E-state index is 7.58. The van der Waals surface area contributed by atoms with Crippen LogP contribution in [0.25, 0.3) is 0 Å². The van der Waals surface area contributed by atoms with E-state index in [0.29, 0.717) is 13.0 Å². The maximum Gasteiger partial charge on any atom is 0.184 e. The van der Waals surface area contributed by atoms with Crippen LogP contribution in [0.2, 0.25) is 0 Å². The first-order valence-electron chi connectivity index (χ1n) is 4.70. The molecule has 0 saturated carbocycles. The van der Waals surface area contributed by atoms with Crippen LogP contribution in [-0.4, -0.2) is 19.6 Å². The third-order valence-corrected chi connectivity index (χ3v) is 2.41. The first-order chi connectivity index (χ1) is 7.17. The van der Waals surface area contributed by atoms with Crippen molar-refractivity contribution in [1.29, 1.82) is 5.41 Å². The molecule has 0 aliphatic rings. The summed E-state index contributed by atoms with van der Waals surface area (Å²) < 4.78 is 11.3. The van der Waals surface area contributed by atoms with E-state index >= 15 is 0 Å². The fourth-order valence-electron chi connectivity index (χ4n) is 1.28. The van der Waals surface area contributed by atoms with Gasteiger partial charge in [-0.05, 0) is 25.1 Å². The summed E-state index contributed by atoms with van der Waals surface area (Å²) in [4.78, 5) is 0. The van der Waals surface area contributed by atoms with Gasteiger partial charge in [-0.1, -0.05) is 15.9 Å². The number of hydrogen-bond donors (Lipinski definition) is 1. The van der Waals surface area contributed by atoms with E-state index in [1.807, 2.05) is 25.1 Å². The molecule has 0 amide bonds. The number of ether oxygens (including phenoxy) is 2. The molecule has 0 radical (unpaired) electrons. The van der Waals surface area contributed by atoms with Crippen molar-refractivity contribution in [3.05, 3.63) is 28.2 Å². The zero-order chi connectivity index (χ0) is 11.3. The second-order valence-electron chi connectivity index (χ2n) is 2.99. The molecule has 1 aromatic rings. The summed E-state index contributed by atoms with van der Waals surface area (Å²) in [6, 6.07) is 5.72. The molecule has 0 spiro atoms. The molecule has 0 heterocycles. The molecule has 82 valence electrons. The molecule has 1 N–H and O–H groups in total. The Hall–Kier alpha value is -1.03. The van der Waals surface area contributed by atoms with E-state index in [9.17, 15) is 0 Å². The van der Waals surface area contributed by atoms with E-state index in [0.717, 1.165) is 15.8 Å². The maximum atomic E-state index is 7.58. The van der Waals surface area contributed by atoms with Crippen molar-refractivity contribution in [2.45, 2.75) is 13.3 Å². The summed E-state index contributed by atoms with van der Waals surface area (Å²) in [6.45, 7) is 2.39. The van der Waals surface area contributed by atoms with Gasteiger partial charge < -0.3 is 9.47 Å². The minimum atomic E-state index is 0.258. The quantitative estimate of drug-likeness (QED) is 0.676. The van der Waals surface area contributed by atoms with Gasteiger partial charge in [-0.2, -0.15) is 0 Å². The van der Waals surface area contributed by atoms with E-state index in [2.05, 4.69) is 15.9 Å². The molecule has 0 unspecified atom stereocenters. The standard InChI is InChI=1S/C11H14BrNO2/c1-3-15-11(13)7-8-6-9(12)4-5-10(8)14-2/h4-6,13H,3,7H2,1-2H3. The Labute approximate surface area is 98.0 Å². The summed E-state index contributed by atoms with van der Waals surface area (Å²) >= 11 is 3.39. The van der Waals surface area contributed by atoms with Crippen LogP contribution < -0.4 is 4.74 Å². The monoisotopic (exact) mass is 271 g/mol. The van der Waals surface area contributed by atoms with Crippen LogP contribution in [-0.2, 0) is 11.2 Å². The van der Waals surface area contributed by atoms with Crippen molar-refractivity contribution in [1.82, 2.24) is 0 Å². The highest BCUT2D eigenvalue weighted by Crippen LogP contribution is 2.23. The minimum absolute atomic E-state index is 0.258. The van der Waals surface area contributed by atoms with E-state index in [1.54, 1.807) is 7.11 Å². The van der Waals surface area contributed by atoms with Gasteiger partial charge in [-0.25, -0.2) is 0 Å². The van der Waals surface area contributed by atoms with Crippen molar-refractivity contribution >= 4 is 21.8 Å². The Morgan fingerprint density at radius 1 is 1.47 bits per heavy atom.